The summed E-state index contributed by atoms with van der Waals surface area (Å²) in [4.78, 5) is 15.3. The van der Waals surface area contributed by atoms with Crippen molar-refractivity contribution in [3.63, 3.8) is 0 Å². The number of anilines is 3. The largest absolute Gasteiger partial charge is 0.497 e. The van der Waals surface area contributed by atoms with Gasteiger partial charge in [0.05, 0.1) is 30.9 Å². The molecule has 9 heteroatoms. The van der Waals surface area contributed by atoms with E-state index < -0.39 is 22.5 Å². The van der Waals surface area contributed by atoms with Crippen molar-refractivity contribution in [3.05, 3.63) is 78.4 Å². The molecule has 8 nitrogen and oxygen atoms in total. The minimum absolute atomic E-state index is 0.105. The van der Waals surface area contributed by atoms with Gasteiger partial charge in [-0.25, -0.2) is 8.42 Å². The van der Waals surface area contributed by atoms with Crippen LogP contribution in [0, 0.1) is 6.92 Å². The van der Waals surface area contributed by atoms with E-state index in [-0.39, 0.29) is 4.90 Å². The monoisotopic (exact) mass is 495 g/mol. The van der Waals surface area contributed by atoms with Crippen LogP contribution in [0.3, 0.4) is 0 Å². The third-order valence-electron chi connectivity index (χ3n) is 5.76. The fourth-order valence-electron chi connectivity index (χ4n) is 3.83. The Hall–Kier alpha value is -3.56. The van der Waals surface area contributed by atoms with Gasteiger partial charge >= 0.3 is 0 Å². The van der Waals surface area contributed by atoms with Crippen LogP contribution in [0.4, 0.5) is 17.1 Å². The summed E-state index contributed by atoms with van der Waals surface area (Å²) in [5.74, 6) is 0.0355. The molecule has 184 valence electrons. The average Bonchev–Trinajstić information content (AvgIpc) is 2.88. The van der Waals surface area contributed by atoms with Crippen molar-refractivity contribution in [2.45, 2.75) is 11.8 Å². The molecule has 0 aliphatic carbocycles. The van der Waals surface area contributed by atoms with Crippen LogP contribution in [0.2, 0.25) is 0 Å². The number of benzene rings is 3. The molecule has 0 aromatic heterocycles. The summed E-state index contributed by atoms with van der Waals surface area (Å²) < 4.78 is 38.8. The SMILES string of the molecule is COc1cccc(N(CC(=O)Nc2ccc(N3CCOCC3)cc2)S(=O)(=O)c2ccc(C)cc2)c1. The molecule has 35 heavy (non-hydrogen) atoms. The van der Waals surface area contributed by atoms with Gasteiger partial charge in [-0.05, 0) is 55.5 Å². The molecule has 3 aromatic rings. The first-order valence-corrected chi connectivity index (χ1v) is 12.8. The van der Waals surface area contributed by atoms with E-state index in [0.29, 0.717) is 30.3 Å². The number of carbonyl (C=O) groups excluding carboxylic acids is 1. The van der Waals surface area contributed by atoms with Gasteiger partial charge in [-0.15, -0.1) is 0 Å². The van der Waals surface area contributed by atoms with Gasteiger partial charge in [-0.3, -0.25) is 9.10 Å². The maximum Gasteiger partial charge on any atom is 0.264 e. The van der Waals surface area contributed by atoms with E-state index in [1.165, 1.54) is 7.11 Å². The number of hydrogen-bond acceptors (Lipinski definition) is 6. The Bertz CT molecular complexity index is 1250. The van der Waals surface area contributed by atoms with Gasteiger partial charge in [-0.2, -0.15) is 0 Å². The predicted octanol–water partition coefficient (Wildman–Crippen LogP) is 3.67. The van der Waals surface area contributed by atoms with Gasteiger partial charge in [0.2, 0.25) is 5.91 Å². The van der Waals surface area contributed by atoms with Crippen LogP contribution >= 0.6 is 0 Å². The summed E-state index contributed by atoms with van der Waals surface area (Å²) in [7, 11) is -2.50. The number of hydrogen-bond donors (Lipinski definition) is 1. The van der Waals surface area contributed by atoms with Crippen LogP contribution < -0.4 is 19.3 Å². The van der Waals surface area contributed by atoms with Crippen LogP contribution in [0.25, 0.3) is 0 Å². The van der Waals surface area contributed by atoms with Gasteiger partial charge in [0, 0.05) is 30.5 Å². The number of amides is 1. The van der Waals surface area contributed by atoms with Crippen LogP contribution in [-0.4, -0.2) is 54.3 Å². The van der Waals surface area contributed by atoms with Gasteiger partial charge in [0.25, 0.3) is 10.0 Å². The zero-order valence-corrected chi connectivity index (χ0v) is 20.6. The zero-order chi connectivity index (χ0) is 24.8. The van der Waals surface area contributed by atoms with Gasteiger partial charge in [0.1, 0.15) is 12.3 Å². The first-order valence-electron chi connectivity index (χ1n) is 11.3. The number of sulfonamides is 1. The molecular weight excluding hydrogens is 466 g/mol. The molecule has 1 saturated heterocycles. The number of rotatable bonds is 8. The molecule has 1 N–H and O–H groups in total. The van der Waals surface area contributed by atoms with E-state index in [9.17, 15) is 13.2 Å². The molecule has 1 aliphatic rings. The van der Waals surface area contributed by atoms with E-state index in [4.69, 9.17) is 9.47 Å². The van der Waals surface area contributed by atoms with Crippen LogP contribution in [-0.2, 0) is 19.6 Å². The van der Waals surface area contributed by atoms with E-state index in [2.05, 4.69) is 10.2 Å². The smallest absolute Gasteiger partial charge is 0.264 e. The van der Waals surface area contributed by atoms with Crippen molar-refractivity contribution in [1.29, 1.82) is 0 Å². The van der Waals surface area contributed by atoms with Gasteiger partial charge in [-0.1, -0.05) is 23.8 Å². The molecule has 0 spiro atoms. The Morgan fingerprint density at radius 3 is 2.37 bits per heavy atom. The highest BCUT2D eigenvalue weighted by atomic mass is 32.2. The second-order valence-corrected chi connectivity index (χ2v) is 10.1. The second kappa shape index (κ2) is 10.8. The lowest BCUT2D eigenvalue weighted by atomic mass is 10.2. The maximum absolute atomic E-state index is 13.5. The topological polar surface area (TPSA) is 88.2 Å². The third-order valence-corrected chi connectivity index (χ3v) is 7.55. The first-order chi connectivity index (χ1) is 16.9. The lowest BCUT2D eigenvalue weighted by Crippen LogP contribution is -2.38. The number of nitrogens with one attached hydrogen (secondary N) is 1. The highest BCUT2D eigenvalue weighted by molar-refractivity contribution is 7.92. The normalized spacial score (nSPS) is 13.8. The Balaban J connectivity index is 1.55. The van der Waals surface area contributed by atoms with E-state index in [1.807, 2.05) is 31.2 Å². The maximum atomic E-state index is 13.5. The summed E-state index contributed by atoms with van der Waals surface area (Å²) in [6.45, 7) is 4.50. The molecular formula is C26H29N3O5S. The van der Waals surface area contributed by atoms with E-state index >= 15 is 0 Å². The Labute approximate surface area is 206 Å². The summed E-state index contributed by atoms with van der Waals surface area (Å²) in [5, 5.41) is 2.81. The first kappa shape index (κ1) is 24.6. The number of carbonyl (C=O) groups is 1. The number of aryl methyl sites for hydroxylation is 1. The highest BCUT2D eigenvalue weighted by Crippen LogP contribution is 2.27. The number of nitrogens with zero attached hydrogens (tertiary/aromatic N) is 2. The molecule has 1 amide bonds. The van der Waals surface area contributed by atoms with Crippen molar-refractivity contribution in [3.8, 4) is 5.75 Å². The minimum Gasteiger partial charge on any atom is -0.497 e. The number of methoxy groups -OCH3 is 1. The van der Waals surface area contributed by atoms with Crippen LogP contribution in [0.5, 0.6) is 5.75 Å². The summed E-state index contributed by atoms with van der Waals surface area (Å²) in [6, 6.07) is 20.7. The molecule has 4 rings (SSSR count). The highest BCUT2D eigenvalue weighted by Gasteiger charge is 2.27. The average molecular weight is 496 g/mol. The molecule has 0 bridgehead atoms. The number of morpholine rings is 1. The van der Waals surface area contributed by atoms with Crippen molar-refractivity contribution < 1.29 is 22.7 Å². The molecule has 3 aromatic carbocycles. The number of ether oxygens (including phenoxy) is 2. The summed E-state index contributed by atoms with van der Waals surface area (Å²) in [6.07, 6.45) is 0. The van der Waals surface area contributed by atoms with Crippen molar-refractivity contribution in [1.82, 2.24) is 0 Å². The Kier molecular flexibility index (Phi) is 7.57. The van der Waals surface area contributed by atoms with E-state index in [1.54, 1.807) is 48.5 Å². The molecule has 0 atom stereocenters. The second-order valence-electron chi connectivity index (χ2n) is 8.22. The lowest BCUT2D eigenvalue weighted by Gasteiger charge is -2.29. The van der Waals surface area contributed by atoms with Crippen LogP contribution in [0.1, 0.15) is 5.56 Å². The van der Waals surface area contributed by atoms with Crippen LogP contribution in [0.15, 0.2) is 77.7 Å². The fourth-order valence-corrected chi connectivity index (χ4v) is 5.24. The Morgan fingerprint density at radius 1 is 1.03 bits per heavy atom. The van der Waals surface area contributed by atoms with Crippen molar-refractivity contribution in [2.24, 2.45) is 0 Å². The quantitative estimate of drug-likeness (QED) is 0.513. The molecule has 1 aliphatic heterocycles. The molecule has 0 radical (unpaired) electrons. The molecule has 0 saturated carbocycles. The van der Waals surface area contributed by atoms with Crippen molar-refractivity contribution >= 4 is 33.0 Å². The summed E-state index contributed by atoms with van der Waals surface area (Å²) >= 11 is 0. The summed E-state index contributed by atoms with van der Waals surface area (Å²) in [5.41, 5.74) is 2.91. The standard InChI is InChI=1S/C26H29N3O5S/c1-20-6-12-25(13-7-20)35(31,32)29(23-4-3-5-24(18-23)33-2)19-26(30)27-21-8-10-22(11-9-21)28-14-16-34-17-15-28/h3-13,18H,14-17,19H2,1-2H3,(H,27,30). The lowest BCUT2D eigenvalue weighted by molar-refractivity contribution is -0.114. The van der Waals surface area contributed by atoms with Gasteiger partial charge in [0.15, 0.2) is 0 Å². The third kappa shape index (κ3) is 5.93. The molecule has 1 heterocycles. The minimum atomic E-state index is -4.01. The van der Waals surface area contributed by atoms with Gasteiger partial charge < -0.3 is 19.7 Å². The zero-order valence-electron chi connectivity index (χ0n) is 19.8. The Morgan fingerprint density at radius 2 is 1.71 bits per heavy atom. The fraction of sp³-hybridized carbons (Fsp3) is 0.269. The van der Waals surface area contributed by atoms with E-state index in [0.717, 1.165) is 28.6 Å². The molecule has 1 fully saturated rings. The van der Waals surface area contributed by atoms with Crippen molar-refractivity contribution in [2.75, 3.05) is 54.5 Å². The molecule has 0 unspecified atom stereocenters. The predicted molar refractivity (Wildman–Crippen MR) is 137 cm³/mol.